The number of aliphatic hydroxyl groups excluding tert-OH is 1. The Labute approximate surface area is 241 Å². The summed E-state index contributed by atoms with van der Waals surface area (Å²) in [5.41, 5.74) is -1.67. The first-order valence-electron chi connectivity index (χ1n) is 12.8. The van der Waals surface area contributed by atoms with E-state index < -0.39 is 46.3 Å². The van der Waals surface area contributed by atoms with E-state index in [4.69, 9.17) is 0 Å². The molecule has 4 rings (SSSR count). The van der Waals surface area contributed by atoms with Gasteiger partial charge in [-0.3, -0.25) is 10.1 Å². The molecule has 0 bridgehead atoms. The average Bonchev–Trinajstić information content (AvgIpc) is 3.40. The number of halogens is 3. The zero-order chi connectivity index (χ0) is 31.0. The van der Waals surface area contributed by atoms with E-state index in [1.165, 1.54) is 24.5 Å². The average molecular weight is 604 g/mol. The van der Waals surface area contributed by atoms with Crippen molar-refractivity contribution in [3.05, 3.63) is 63.5 Å². The van der Waals surface area contributed by atoms with Gasteiger partial charge in [0.2, 0.25) is 5.43 Å². The van der Waals surface area contributed by atoms with Crippen molar-refractivity contribution in [2.75, 3.05) is 18.5 Å². The number of hydrogen-bond donors (Lipinski definition) is 4. The molecule has 0 aliphatic heterocycles. The third-order valence-electron chi connectivity index (χ3n) is 6.59. The third-order valence-corrected chi connectivity index (χ3v) is 7.47. The van der Waals surface area contributed by atoms with Gasteiger partial charge in [-0.1, -0.05) is 26.8 Å². The summed E-state index contributed by atoms with van der Waals surface area (Å²) in [4.78, 5) is 45.4. The molecule has 0 saturated heterocycles. The molecule has 4 N–H and O–H groups in total. The van der Waals surface area contributed by atoms with Crippen molar-refractivity contribution in [3.8, 4) is 21.7 Å². The second-order valence-electron chi connectivity index (χ2n) is 10.5. The first-order valence-corrected chi connectivity index (χ1v) is 13.6. The fraction of sp³-hybridized carbons (Fsp3) is 0.321. The molecule has 1 aromatic carbocycles. The molecule has 0 spiro atoms. The van der Waals surface area contributed by atoms with E-state index in [0.717, 1.165) is 16.7 Å². The lowest BCUT2D eigenvalue weighted by Crippen LogP contribution is -2.30. The van der Waals surface area contributed by atoms with Gasteiger partial charge in [-0.15, -0.1) is 11.3 Å². The van der Waals surface area contributed by atoms with Crippen LogP contribution in [-0.2, 0) is 6.18 Å². The van der Waals surface area contributed by atoms with E-state index >= 15 is 0 Å². The molecule has 0 aliphatic rings. The number of rotatable bonds is 7. The number of fused-ring (bicyclic) bond motifs is 1. The Morgan fingerprint density at radius 1 is 1.14 bits per heavy atom. The standard InChI is InChI=1S/C28H28F3N5O5S/c1-5-32-26(41)35-22-9-15(24-34-20(13-42-24)28(29,30)31)17(10-33-22)14-6-7-19-16(8-14)23(38)18(25(39)40)11-36(19)21(12-37)27(2,3)4/h6-11,13,21,37H,5,12H2,1-4H3,(H,39,40)(H2,32,33,35,41). The minimum Gasteiger partial charge on any atom is -0.477 e. The molecular weight excluding hydrogens is 575 g/mol. The van der Waals surface area contributed by atoms with Gasteiger partial charge in [0.15, 0.2) is 5.69 Å². The molecule has 0 saturated carbocycles. The van der Waals surface area contributed by atoms with Gasteiger partial charge >= 0.3 is 18.2 Å². The van der Waals surface area contributed by atoms with E-state index in [0.29, 0.717) is 23.2 Å². The number of carboxylic acid groups (broad SMARTS) is 1. The van der Waals surface area contributed by atoms with Gasteiger partial charge in [0, 0.05) is 40.8 Å². The van der Waals surface area contributed by atoms with Crippen LogP contribution in [0.3, 0.4) is 0 Å². The number of carboxylic acids is 1. The normalized spacial score (nSPS) is 12.8. The number of amides is 2. The van der Waals surface area contributed by atoms with Crippen LogP contribution in [0.4, 0.5) is 23.8 Å². The highest BCUT2D eigenvalue weighted by Gasteiger charge is 2.34. The number of urea groups is 1. The monoisotopic (exact) mass is 603 g/mol. The van der Waals surface area contributed by atoms with E-state index in [-0.39, 0.29) is 28.4 Å². The zero-order valence-corrected chi connectivity index (χ0v) is 23.9. The van der Waals surface area contributed by atoms with Crippen molar-refractivity contribution in [3.63, 3.8) is 0 Å². The number of carbonyl (C=O) groups is 2. The molecule has 3 heterocycles. The molecule has 0 fully saturated rings. The number of alkyl halides is 3. The summed E-state index contributed by atoms with van der Waals surface area (Å²) in [6.45, 7) is 7.31. The molecule has 10 nitrogen and oxygen atoms in total. The summed E-state index contributed by atoms with van der Waals surface area (Å²) in [6.07, 6.45) is -2.14. The lowest BCUT2D eigenvalue weighted by atomic mass is 9.86. The first-order chi connectivity index (χ1) is 19.6. The first kappa shape index (κ1) is 30.7. The van der Waals surface area contributed by atoms with Crippen LogP contribution in [0.1, 0.15) is 49.8 Å². The molecule has 0 aliphatic carbocycles. The third kappa shape index (κ3) is 6.14. The van der Waals surface area contributed by atoms with Crippen molar-refractivity contribution >= 4 is 40.1 Å². The Kier molecular flexibility index (Phi) is 8.41. The molecular formula is C28H28F3N5O5S. The number of aromatic carboxylic acids is 1. The summed E-state index contributed by atoms with van der Waals surface area (Å²) in [5, 5.41) is 25.9. The van der Waals surface area contributed by atoms with Crippen LogP contribution in [-0.4, -0.2) is 49.9 Å². The smallest absolute Gasteiger partial charge is 0.434 e. The maximum absolute atomic E-state index is 13.4. The number of aromatic nitrogens is 3. The number of hydrogen-bond acceptors (Lipinski definition) is 7. The Hall–Kier alpha value is -4.30. The topological polar surface area (TPSA) is 146 Å². The molecule has 4 aromatic rings. The second-order valence-corrected chi connectivity index (χ2v) is 11.4. The fourth-order valence-electron chi connectivity index (χ4n) is 4.49. The van der Waals surface area contributed by atoms with Crippen molar-refractivity contribution in [1.29, 1.82) is 0 Å². The molecule has 1 unspecified atom stereocenters. The highest BCUT2D eigenvalue weighted by molar-refractivity contribution is 7.13. The van der Waals surface area contributed by atoms with Gasteiger partial charge in [-0.2, -0.15) is 13.2 Å². The largest absolute Gasteiger partial charge is 0.477 e. The van der Waals surface area contributed by atoms with Crippen molar-refractivity contribution < 1.29 is 33.0 Å². The van der Waals surface area contributed by atoms with Crippen molar-refractivity contribution in [1.82, 2.24) is 19.9 Å². The van der Waals surface area contributed by atoms with Gasteiger partial charge < -0.3 is 20.1 Å². The van der Waals surface area contributed by atoms with E-state index in [9.17, 15) is 37.8 Å². The minimum atomic E-state index is -4.68. The number of anilines is 1. The van der Waals surface area contributed by atoms with Gasteiger partial charge in [0.05, 0.1) is 18.2 Å². The number of nitrogens with one attached hydrogen (secondary N) is 2. The molecule has 222 valence electrons. The van der Waals surface area contributed by atoms with Crippen LogP contribution in [0, 0.1) is 5.41 Å². The Morgan fingerprint density at radius 2 is 1.86 bits per heavy atom. The van der Waals surface area contributed by atoms with Gasteiger partial charge in [-0.25, -0.2) is 19.6 Å². The Morgan fingerprint density at radius 3 is 2.43 bits per heavy atom. The predicted molar refractivity (Wildman–Crippen MR) is 153 cm³/mol. The molecule has 0 radical (unpaired) electrons. The second kappa shape index (κ2) is 11.5. The lowest BCUT2D eigenvalue weighted by molar-refractivity contribution is -0.140. The summed E-state index contributed by atoms with van der Waals surface area (Å²) >= 11 is 0.743. The van der Waals surface area contributed by atoms with Gasteiger partial charge in [0.25, 0.3) is 0 Å². The number of benzene rings is 1. The predicted octanol–water partition coefficient (Wildman–Crippen LogP) is 5.62. The highest BCUT2D eigenvalue weighted by atomic mass is 32.1. The van der Waals surface area contributed by atoms with Crippen LogP contribution in [0.2, 0.25) is 0 Å². The molecule has 3 aromatic heterocycles. The number of carbonyl (C=O) groups excluding carboxylic acids is 1. The van der Waals surface area contributed by atoms with Crippen molar-refractivity contribution in [2.45, 2.75) is 39.9 Å². The Balaban J connectivity index is 1.97. The number of thiazole rings is 1. The number of pyridine rings is 2. The highest BCUT2D eigenvalue weighted by Crippen LogP contribution is 2.39. The van der Waals surface area contributed by atoms with Crippen LogP contribution >= 0.6 is 11.3 Å². The quantitative estimate of drug-likeness (QED) is 0.214. The Bertz CT molecular complexity index is 1730. The SMILES string of the molecule is CCNC(=O)Nc1cc(-c2nc(C(F)(F)F)cs2)c(-c2ccc3c(c2)c(=O)c(C(=O)O)cn3C(CO)C(C)(C)C)cn1. The molecule has 1 atom stereocenters. The lowest BCUT2D eigenvalue weighted by Gasteiger charge is -2.32. The number of nitrogens with zero attached hydrogens (tertiary/aromatic N) is 3. The summed E-state index contributed by atoms with van der Waals surface area (Å²) in [5.74, 6) is -1.40. The van der Waals surface area contributed by atoms with Gasteiger partial charge in [-0.05, 0) is 36.1 Å². The van der Waals surface area contributed by atoms with Crippen molar-refractivity contribution in [2.24, 2.45) is 5.41 Å². The number of aliphatic hydroxyl groups is 1. The fourth-order valence-corrected chi connectivity index (χ4v) is 5.35. The van der Waals surface area contributed by atoms with Crippen LogP contribution in [0.5, 0.6) is 0 Å². The van der Waals surface area contributed by atoms with E-state index in [1.807, 2.05) is 20.8 Å². The van der Waals surface area contributed by atoms with Crippen LogP contribution < -0.4 is 16.1 Å². The van der Waals surface area contributed by atoms with Crippen LogP contribution in [0.15, 0.2) is 46.8 Å². The zero-order valence-electron chi connectivity index (χ0n) is 23.0. The minimum absolute atomic E-state index is 0.0106. The molecule has 42 heavy (non-hydrogen) atoms. The molecule has 14 heteroatoms. The van der Waals surface area contributed by atoms with Gasteiger partial charge in [0.1, 0.15) is 16.4 Å². The van der Waals surface area contributed by atoms with E-state index in [2.05, 4.69) is 20.6 Å². The summed E-state index contributed by atoms with van der Waals surface area (Å²) in [6, 6.07) is 4.86. The maximum Gasteiger partial charge on any atom is 0.434 e. The summed E-state index contributed by atoms with van der Waals surface area (Å²) < 4.78 is 41.7. The van der Waals surface area contributed by atoms with E-state index in [1.54, 1.807) is 23.6 Å². The molecule has 2 amide bonds. The summed E-state index contributed by atoms with van der Waals surface area (Å²) in [7, 11) is 0. The maximum atomic E-state index is 13.4. The van der Waals surface area contributed by atoms with Crippen LogP contribution in [0.25, 0.3) is 32.6 Å².